The Morgan fingerprint density at radius 1 is 1.05 bits per heavy atom. The van der Waals surface area contributed by atoms with Crippen LogP contribution in [0, 0.1) is 6.92 Å². The van der Waals surface area contributed by atoms with Crippen LogP contribution in [0.15, 0.2) is 42.5 Å². The van der Waals surface area contributed by atoms with Crippen LogP contribution in [0.1, 0.15) is 24.1 Å². The van der Waals surface area contributed by atoms with Gasteiger partial charge in [0.15, 0.2) is 11.5 Å². The number of hydrogen-bond donors (Lipinski definition) is 1. The molecule has 0 aromatic heterocycles. The second-order valence-electron chi connectivity index (χ2n) is 5.05. The first-order valence-electron chi connectivity index (χ1n) is 6.66. The predicted octanol–water partition coefficient (Wildman–Crippen LogP) is 4.49. The second-order valence-corrected chi connectivity index (χ2v) is 5.05. The van der Waals surface area contributed by atoms with Crippen molar-refractivity contribution >= 4 is 5.69 Å². The van der Waals surface area contributed by atoms with E-state index >= 15 is 0 Å². The van der Waals surface area contributed by atoms with Crippen molar-refractivity contribution in [3.8, 4) is 11.5 Å². The Morgan fingerprint density at radius 3 is 2.52 bits per heavy atom. The van der Waals surface area contributed by atoms with Gasteiger partial charge in [0.2, 0.25) is 0 Å². The molecule has 1 heterocycles. The molecule has 3 nitrogen and oxygen atoms in total. The molecular formula is C16H15F2NO2. The Morgan fingerprint density at radius 2 is 1.76 bits per heavy atom. The summed E-state index contributed by atoms with van der Waals surface area (Å²) >= 11 is 0. The normalized spacial score (nSPS) is 16.6. The molecule has 1 aliphatic rings. The number of anilines is 1. The van der Waals surface area contributed by atoms with Crippen LogP contribution in [0.4, 0.5) is 14.5 Å². The van der Waals surface area contributed by atoms with Crippen molar-refractivity contribution in [2.24, 2.45) is 0 Å². The molecule has 0 spiro atoms. The average molecular weight is 291 g/mol. The molecule has 1 unspecified atom stereocenters. The molecule has 0 radical (unpaired) electrons. The minimum Gasteiger partial charge on any atom is -0.395 e. The molecule has 2 aromatic rings. The van der Waals surface area contributed by atoms with Crippen LogP contribution >= 0.6 is 0 Å². The minimum absolute atomic E-state index is 0.0435. The van der Waals surface area contributed by atoms with Crippen LogP contribution in [-0.4, -0.2) is 6.29 Å². The summed E-state index contributed by atoms with van der Waals surface area (Å²) in [6, 6.07) is 12.8. The number of benzene rings is 2. The fraction of sp³-hybridized carbons (Fsp3) is 0.250. The van der Waals surface area contributed by atoms with Gasteiger partial charge in [-0.15, -0.1) is 8.78 Å². The Labute approximate surface area is 121 Å². The van der Waals surface area contributed by atoms with Gasteiger partial charge < -0.3 is 14.8 Å². The number of ether oxygens (including phenoxy) is 2. The number of alkyl halides is 2. The summed E-state index contributed by atoms with van der Waals surface area (Å²) in [5.74, 6) is 0.0936. The van der Waals surface area contributed by atoms with Crippen LogP contribution < -0.4 is 14.8 Å². The number of halogens is 2. The Hall–Kier alpha value is -2.30. The van der Waals surface area contributed by atoms with Gasteiger partial charge in [-0.25, -0.2) is 0 Å². The highest BCUT2D eigenvalue weighted by Crippen LogP contribution is 2.42. The highest BCUT2D eigenvalue weighted by atomic mass is 19.3. The lowest BCUT2D eigenvalue weighted by molar-refractivity contribution is -0.286. The summed E-state index contributed by atoms with van der Waals surface area (Å²) in [5, 5.41) is 3.28. The van der Waals surface area contributed by atoms with E-state index in [0.717, 1.165) is 5.56 Å². The Bertz CT molecular complexity index is 673. The monoisotopic (exact) mass is 291 g/mol. The summed E-state index contributed by atoms with van der Waals surface area (Å²) < 4.78 is 34.8. The molecule has 21 heavy (non-hydrogen) atoms. The molecule has 3 rings (SSSR count). The zero-order valence-corrected chi connectivity index (χ0v) is 11.7. The fourth-order valence-corrected chi connectivity index (χ4v) is 2.44. The van der Waals surface area contributed by atoms with E-state index in [-0.39, 0.29) is 17.5 Å². The number of hydrogen-bond acceptors (Lipinski definition) is 3. The summed E-state index contributed by atoms with van der Waals surface area (Å²) in [4.78, 5) is 0. The summed E-state index contributed by atoms with van der Waals surface area (Å²) in [5.41, 5.74) is 3.02. The zero-order chi connectivity index (χ0) is 15.0. The first-order valence-corrected chi connectivity index (χ1v) is 6.66. The predicted molar refractivity (Wildman–Crippen MR) is 75.9 cm³/mol. The number of aryl methyl sites for hydroxylation is 1. The van der Waals surface area contributed by atoms with Gasteiger partial charge in [0.05, 0.1) is 0 Å². The zero-order valence-electron chi connectivity index (χ0n) is 11.7. The van der Waals surface area contributed by atoms with E-state index in [1.807, 2.05) is 38.1 Å². The molecule has 0 aliphatic carbocycles. The van der Waals surface area contributed by atoms with E-state index in [0.29, 0.717) is 5.69 Å². The highest BCUT2D eigenvalue weighted by molar-refractivity contribution is 5.57. The van der Waals surface area contributed by atoms with Gasteiger partial charge in [0.1, 0.15) is 0 Å². The van der Waals surface area contributed by atoms with E-state index in [2.05, 4.69) is 14.8 Å². The van der Waals surface area contributed by atoms with Crippen LogP contribution in [0.25, 0.3) is 0 Å². The molecule has 1 N–H and O–H groups in total. The topological polar surface area (TPSA) is 30.5 Å². The molecule has 0 fully saturated rings. The van der Waals surface area contributed by atoms with Crippen molar-refractivity contribution in [3.05, 3.63) is 53.6 Å². The van der Waals surface area contributed by atoms with Gasteiger partial charge in [0.25, 0.3) is 0 Å². The standard InChI is InChI=1S/C16H15F2NO2/c1-10-5-3-4-6-13(10)11(2)19-12-7-8-14-15(9-12)21-16(17,18)20-14/h3-9,11,19H,1-2H3. The van der Waals surface area contributed by atoms with E-state index < -0.39 is 6.29 Å². The van der Waals surface area contributed by atoms with E-state index in [1.165, 1.54) is 17.7 Å². The number of nitrogens with one attached hydrogen (secondary N) is 1. The molecule has 5 heteroatoms. The lowest BCUT2D eigenvalue weighted by atomic mass is 10.0. The average Bonchev–Trinajstić information content (AvgIpc) is 2.72. The van der Waals surface area contributed by atoms with Crippen LogP contribution in [0.5, 0.6) is 11.5 Å². The van der Waals surface area contributed by atoms with Crippen LogP contribution in [-0.2, 0) is 0 Å². The molecule has 0 bridgehead atoms. The van der Waals surface area contributed by atoms with Gasteiger partial charge in [-0.1, -0.05) is 24.3 Å². The molecule has 1 aliphatic heterocycles. The Kier molecular flexibility index (Phi) is 3.20. The SMILES string of the molecule is Cc1ccccc1C(C)Nc1ccc2c(c1)OC(F)(F)O2. The van der Waals surface area contributed by atoms with Crippen molar-refractivity contribution < 1.29 is 18.3 Å². The molecule has 1 atom stereocenters. The van der Waals surface area contributed by atoms with Crippen molar-refractivity contribution in [3.63, 3.8) is 0 Å². The first kappa shape index (κ1) is 13.7. The fourth-order valence-electron chi connectivity index (χ4n) is 2.44. The van der Waals surface area contributed by atoms with E-state index in [4.69, 9.17) is 0 Å². The van der Waals surface area contributed by atoms with Crippen LogP contribution in [0.3, 0.4) is 0 Å². The lowest BCUT2D eigenvalue weighted by Gasteiger charge is -2.18. The second kappa shape index (κ2) is 4.91. The molecule has 110 valence electrons. The van der Waals surface area contributed by atoms with E-state index in [9.17, 15) is 8.78 Å². The van der Waals surface area contributed by atoms with Gasteiger partial charge >= 0.3 is 6.29 Å². The maximum absolute atomic E-state index is 13.0. The van der Waals surface area contributed by atoms with Crippen molar-refractivity contribution in [1.29, 1.82) is 0 Å². The minimum atomic E-state index is -3.58. The van der Waals surface area contributed by atoms with Gasteiger partial charge in [-0.05, 0) is 37.1 Å². The van der Waals surface area contributed by atoms with Gasteiger partial charge in [-0.2, -0.15) is 0 Å². The summed E-state index contributed by atoms with van der Waals surface area (Å²) in [7, 11) is 0. The van der Waals surface area contributed by atoms with Gasteiger partial charge in [-0.3, -0.25) is 0 Å². The lowest BCUT2D eigenvalue weighted by Crippen LogP contribution is -2.25. The smallest absolute Gasteiger partial charge is 0.395 e. The van der Waals surface area contributed by atoms with Crippen molar-refractivity contribution in [2.75, 3.05) is 5.32 Å². The molecule has 0 saturated carbocycles. The van der Waals surface area contributed by atoms with Crippen molar-refractivity contribution in [1.82, 2.24) is 0 Å². The maximum atomic E-state index is 13.0. The highest BCUT2D eigenvalue weighted by Gasteiger charge is 2.43. The third-order valence-corrected chi connectivity index (χ3v) is 3.44. The van der Waals surface area contributed by atoms with Gasteiger partial charge in [0, 0.05) is 17.8 Å². The van der Waals surface area contributed by atoms with Crippen LogP contribution in [0.2, 0.25) is 0 Å². The Balaban J connectivity index is 1.79. The van der Waals surface area contributed by atoms with Crippen molar-refractivity contribution in [2.45, 2.75) is 26.2 Å². The number of fused-ring (bicyclic) bond motifs is 1. The largest absolute Gasteiger partial charge is 0.586 e. The summed E-state index contributed by atoms with van der Waals surface area (Å²) in [6.07, 6.45) is -3.58. The molecule has 0 saturated heterocycles. The first-order chi connectivity index (χ1) is 9.94. The van der Waals surface area contributed by atoms with E-state index in [1.54, 1.807) is 6.07 Å². The summed E-state index contributed by atoms with van der Waals surface area (Å²) in [6.45, 7) is 4.05. The quantitative estimate of drug-likeness (QED) is 0.903. The molecular weight excluding hydrogens is 276 g/mol. The third kappa shape index (κ3) is 2.77. The molecule has 0 amide bonds. The number of rotatable bonds is 3. The third-order valence-electron chi connectivity index (χ3n) is 3.44. The molecule has 2 aromatic carbocycles. The maximum Gasteiger partial charge on any atom is 0.586 e.